The molecule has 1 rings (SSSR count). The summed E-state index contributed by atoms with van der Waals surface area (Å²) in [7, 11) is 0. The molecule has 7 nitrogen and oxygen atoms in total. The smallest absolute Gasteiger partial charge is 0.308 e. The maximum atomic E-state index is 12.1. The number of hydrogen-bond donors (Lipinski definition) is 4. The van der Waals surface area contributed by atoms with Crippen molar-refractivity contribution in [2.24, 2.45) is 0 Å². The Labute approximate surface area is 169 Å². The highest BCUT2D eigenvalue weighted by Crippen LogP contribution is 2.31. The van der Waals surface area contributed by atoms with E-state index in [9.17, 15) is 25.2 Å². The van der Waals surface area contributed by atoms with Crippen LogP contribution in [0, 0.1) is 0 Å². The Morgan fingerprint density at radius 3 is 1.89 bits per heavy atom. The molecule has 7 heteroatoms. The molecule has 28 heavy (non-hydrogen) atoms. The number of rotatable bonds is 14. The Kier molecular flexibility index (Phi) is 12.2. The van der Waals surface area contributed by atoms with Gasteiger partial charge in [-0.2, -0.15) is 0 Å². The van der Waals surface area contributed by atoms with Crippen LogP contribution in [0.1, 0.15) is 90.9 Å². The fourth-order valence-electron chi connectivity index (χ4n) is 3.60. The third kappa shape index (κ3) is 8.33. The first-order chi connectivity index (χ1) is 13.4. The highest BCUT2D eigenvalue weighted by Gasteiger charge is 2.53. The van der Waals surface area contributed by atoms with E-state index in [4.69, 9.17) is 9.47 Å². The zero-order valence-corrected chi connectivity index (χ0v) is 17.5. The predicted octanol–water partition coefficient (Wildman–Crippen LogP) is 2.42. The molecule has 0 aromatic carbocycles. The van der Waals surface area contributed by atoms with Gasteiger partial charge in [-0.05, 0) is 6.42 Å². The van der Waals surface area contributed by atoms with Crippen molar-refractivity contribution in [2.75, 3.05) is 6.61 Å². The molecule has 0 radical (unpaired) electrons. The summed E-state index contributed by atoms with van der Waals surface area (Å²) >= 11 is 0. The molecular formula is C21H40O7. The van der Waals surface area contributed by atoms with Crippen molar-refractivity contribution >= 4 is 5.97 Å². The molecule has 1 fully saturated rings. The van der Waals surface area contributed by atoms with Crippen LogP contribution in [-0.2, 0) is 14.3 Å². The van der Waals surface area contributed by atoms with Crippen LogP contribution >= 0.6 is 0 Å². The summed E-state index contributed by atoms with van der Waals surface area (Å²) in [4.78, 5) is 12.1. The molecule has 0 aromatic heterocycles. The zero-order valence-electron chi connectivity index (χ0n) is 17.5. The van der Waals surface area contributed by atoms with Gasteiger partial charge >= 0.3 is 5.97 Å². The molecule has 0 spiro atoms. The topological polar surface area (TPSA) is 116 Å². The van der Waals surface area contributed by atoms with Crippen LogP contribution in [0.5, 0.6) is 0 Å². The molecule has 1 unspecified atom stereocenters. The molecule has 0 saturated carbocycles. The van der Waals surface area contributed by atoms with Gasteiger partial charge in [-0.3, -0.25) is 4.79 Å². The van der Waals surface area contributed by atoms with Gasteiger partial charge in [0, 0.05) is 13.3 Å². The Morgan fingerprint density at radius 1 is 0.893 bits per heavy atom. The second-order valence-corrected chi connectivity index (χ2v) is 8.04. The van der Waals surface area contributed by atoms with E-state index in [2.05, 4.69) is 6.92 Å². The molecule has 1 aliphatic heterocycles. The minimum absolute atomic E-state index is 0.200. The van der Waals surface area contributed by atoms with E-state index in [1.54, 1.807) is 0 Å². The second-order valence-electron chi connectivity index (χ2n) is 8.04. The summed E-state index contributed by atoms with van der Waals surface area (Å²) in [5.41, 5.74) is 0. The van der Waals surface area contributed by atoms with Crippen LogP contribution in [0.15, 0.2) is 0 Å². The summed E-state index contributed by atoms with van der Waals surface area (Å²) < 4.78 is 10.6. The van der Waals surface area contributed by atoms with Crippen molar-refractivity contribution in [3.63, 3.8) is 0 Å². The Balaban J connectivity index is 2.17. The lowest BCUT2D eigenvalue weighted by atomic mass is 9.93. The van der Waals surface area contributed by atoms with E-state index in [0.29, 0.717) is 6.42 Å². The van der Waals surface area contributed by atoms with Gasteiger partial charge in [0.15, 0.2) is 0 Å². The summed E-state index contributed by atoms with van der Waals surface area (Å²) in [6.07, 6.45) is 7.44. The third-order valence-electron chi connectivity index (χ3n) is 5.46. The first kappa shape index (κ1) is 25.3. The third-order valence-corrected chi connectivity index (χ3v) is 5.46. The van der Waals surface area contributed by atoms with Crippen LogP contribution in [0.3, 0.4) is 0 Å². The molecule has 0 amide bonds. The van der Waals surface area contributed by atoms with E-state index in [1.165, 1.54) is 58.3 Å². The average Bonchev–Trinajstić information content (AvgIpc) is 2.67. The van der Waals surface area contributed by atoms with Gasteiger partial charge in [-0.15, -0.1) is 0 Å². The normalized spacial score (nSPS) is 30.4. The lowest BCUT2D eigenvalue weighted by Gasteiger charge is -2.45. The Morgan fingerprint density at radius 2 is 1.39 bits per heavy atom. The number of unbranched alkanes of at least 4 members (excludes halogenated alkanes) is 10. The minimum Gasteiger partial charge on any atom is -0.430 e. The summed E-state index contributed by atoms with van der Waals surface area (Å²) in [6, 6.07) is 0. The van der Waals surface area contributed by atoms with Gasteiger partial charge < -0.3 is 29.9 Å². The van der Waals surface area contributed by atoms with Gasteiger partial charge in [-0.25, -0.2) is 0 Å². The van der Waals surface area contributed by atoms with Gasteiger partial charge in [0.1, 0.15) is 24.4 Å². The fraction of sp³-hybridized carbons (Fsp3) is 0.952. The lowest BCUT2D eigenvalue weighted by Crippen LogP contribution is -2.65. The van der Waals surface area contributed by atoms with E-state index < -0.39 is 42.8 Å². The molecule has 0 bridgehead atoms. The van der Waals surface area contributed by atoms with Crippen molar-refractivity contribution in [1.82, 2.24) is 0 Å². The van der Waals surface area contributed by atoms with Crippen LogP contribution in [0.4, 0.5) is 0 Å². The number of esters is 1. The van der Waals surface area contributed by atoms with Crippen molar-refractivity contribution < 1.29 is 34.7 Å². The minimum atomic E-state index is -1.79. The number of carbonyl (C=O) groups excluding carboxylic acids is 1. The molecule has 4 N–H and O–H groups in total. The number of hydrogen-bond acceptors (Lipinski definition) is 7. The first-order valence-electron chi connectivity index (χ1n) is 10.9. The molecule has 5 atom stereocenters. The van der Waals surface area contributed by atoms with Gasteiger partial charge in [0.25, 0.3) is 0 Å². The monoisotopic (exact) mass is 404 g/mol. The number of ether oxygens (including phenoxy) is 2. The van der Waals surface area contributed by atoms with Crippen molar-refractivity contribution in [1.29, 1.82) is 0 Å². The van der Waals surface area contributed by atoms with Crippen LogP contribution in [0.25, 0.3) is 0 Å². The van der Waals surface area contributed by atoms with Gasteiger partial charge in [0.2, 0.25) is 5.79 Å². The molecule has 0 aliphatic carbocycles. The summed E-state index contributed by atoms with van der Waals surface area (Å²) in [5.74, 6) is -2.32. The van der Waals surface area contributed by atoms with Crippen LogP contribution in [0.2, 0.25) is 0 Å². The van der Waals surface area contributed by atoms with Crippen molar-refractivity contribution in [3.05, 3.63) is 0 Å². The molecule has 166 valence electrons. The Hall–Kier alpha value is -0.730. The largest absolute Gasteiger partial charge is 0.430 e. The summed E-state index contributed by atoms with van der Waals surface area (Å²) in [6.45, 7) is 2.99. The predicted molar refractivity (Wildman–Crippen MR) is 106 cm³/mol. The molecule has 1 aliphatic rings. The van der Waals surface area contributed by atoms with E-state index >= 15 is 0 Å². The van der Waals surface area contributed by atoms with Gasteiger partial charge in [0.05, 0.1) is 6.61 Å². The lowest BCUT2D eigenvalue weighted by molar-refractivity contribution is -0.344. The standard InChI is InChI=1S/C21H40O7/c1-3-4-5-6-7-8-9-10-11-12-13-14-17(23)28-21(2)20(26)19(25)18(24)16(15-22)27-21/h16,18-20,22,24-26H,3-15H2,1-2H3/t16-,18-,19+,20-,21?/m1/s1. The first-order valence-corrected chi connectivity index (χ1v) is 10.9. The highest BCUT2D eigenvalue weighted by molar-refractivity contribution is 5.69. The van der Waals surface area contributed by atoms with E-state index in [-0.39, 0.29) is 6.42 Å². The molecule has 1 saturated heterocycles. The highest BCUT2D eigenvalue weighted by atomic mass is 16.7. The number of aliphatic hydroxyl groups is 4. The fourth-order valence-corrected chi connectivity index (χ4v) is 3.60. The zero-order chi connectivity index (χ0) is 21.0. The average molecular weight is 405 g/mol. The Bertz CT molecular complexity index is 429. The number of carbonyl (C=O) groups is 1. The van der Waals surface area contributed by atoms with Gasteiger partial charge in [-0.1, -0.05) is 71.1 Å². The van der Waals surface area contributed by atoms with E-state index in [0.717, 1.165) is 12.8 Å². The number of aliphatic hydroxyl groups excluding tert-OH is 4. The van der Waals surface area contributed by atoms with E-state index in [1.807, 2.05) is 0 Å². The van der Waals surface area contributed by atoms with Crippen LogP contribution in [-0.4, -0.2) is 63.2 Å². The quantitative estimate of drug-likeness (QED) is 0.259. The van der Waals surface area contributed by atoms with Crippen molar-refractivity contribution in [3.8, 4) is 0 Å². The molecular weight excluding hydrogens is 364 g/mol. The second kappa shape index (κ2) is 13.5. The maximum Gasteiger partial charge on any atom is 0.308 e. The molecule has 0 aromatic rings. The molecule has 1 heterocycles. The van der Waals surface area contributed by atoms with Crippen LogP contribution < -0.4 is 0 Å². The van der Waals surface area contributed by atoms with Crippen molar-refractivity contribution in [2.45, 2.75) is 121 Å². The summed E-state index contributed by atoms with van der Waals surface area (Å²) in [5, 5.41) is 39.0. The SMILES string of the molecule is CCCCCCCCCCCCCC(=O)OC1(C)O[C@H](CO)[C@@H](O)[C@H](O)[C@H]1O. The maximum absolute atomic E-state index is 12.1.